The molecule has 0 aliphatic rings. The molecule has 12 heavy (non-hydrogen) atoms. The maximum absolute atomic E-state index is 10.5. The molecular weight excluding hydrogens is 252 g/mol. The van der Waals surface area contributed by atoms with Crippen LogP contribution in [-0.2, 0) is 0 Å². The molecule has 5 nitrogen and oxygen atoms in total. The van der Waals surface area contributed by atoms with Crippen LogP contribution in [0.15, 0.2) is 0 Å². The van der Waals surface area contributed by atoms with E-state index in [0.717, 1.165) is 11.3 Å². The molecule has 0 aliphatic carbocycles. The number of nitrogens with one attached hydrogen (secondary N) is 2. The van der Waals surface area contributed by atoms with E-state index in [1.54, 1.807) is 0 Å². The summed E-state index contributed by atoms with van der Waals surface area (Å²) in [6.45, 7) is 0. The number of nitrogens with zero attached hydrogens (tertiary/aromatic N) is 1. The van der Waals surface area contributed by atoms with Gasteiger partial charge in [-0.2, -0.15) is 5.10 Å². The fraction of sp³-hybridized carbons (Fsp3) is 0. The van der Waals surface area contributed by atoms with Crippen LogP contribution in [0.5, 0.6) is 0 Å². The van der Waals surface area contributed by atoms with Gasteiger partial charge in [0.15, 0.2) is 3.95 Å². The molecule has 0 unspecified atom stereocenters. The molecule has 0 bridgehead atoms. The van der Waals surface area contributed by atoms with Gasteiger partial charge in [0.25, 0.3) is 0 Å². The Hall–Kier alpha value is 2.48. The van der Waals surface area contributed by atoms with Crippen molar-refractivity contribution in [2.24, 2.45) is 0 Å². The van der Waals surface area contributed by atoms with Crippen LogP contribution in [0.4, 0.5) is 0 Å². The van der Waals surface area contributed by atoms with Crippen LogP contribution in [0.25, 0.3) is 0 Å². The first-order chi connectivity index (χ1) is 4.74. The number of rotatable bonds is 1. The number of hydroxylamine groups is 1. The molecule has 9 heteroatoms. The van der Waals surface area contributed by atoms with Crippen LogP contribution in [0.2, 0.25) is 0 Å². The van der Waals surface area contributed by atoms with Crippen molar-refractivity contribution in [3.63, 3.8) is 0 Å². The Bertz CT molecular complexity index is 306. The van der Waals surface area contributed by atoms with Crippen molar-refractivity contribution < 1.29 is 116 Å². The summed E-state index contributed by atoms with van der Waals surface area (Å²) in [6, 6.07) is 0. The van der Waals surface area contributed by atoms with Crippen molar-refractivity contribution >= 4 is 29.5 Å². The maximum atomic E-state index is 10.5. The van der Waals surface area contributed by atoms with E-state index in [4.69, 9.17) is 5.21 Å². The minimum Gasteiger partial charge on any atom is -1.00 e. The Kier molecular flexibility index (Phi) is 12.3. The van der Waals surface area contributed by atoms with Crippen LogP contribution >= 0.6 is 23.6 Å². The summed E-state index contributed by atoms with van der Waals surface area (Å²) in [4.78, 5) is 10.5. The van der Waals surface area contributed by atoms with E-state index in [-0.39, 0.29) is 111 Å². The van der Waals surface area contributed by atoms with E-state index in [0.29, 0.717) is 3.95 Å². The molecule has 0 aromatic carbocycles. The molecule has 1 aromatic rings. The van der Waals surface area contributed by atoms with Gasteiger partial charge in [-0.15, -0.1) is 0 Å². The number of carbonyl (C=O) groups excluding carboxylic acids is 1. The zero-order valence-corrected chi connectivity index (χ0v) is 14.5. The molecule has 1 heterocycles. The zero-order valence-electron chi connectivity index (χ0n) is 8.62. The minimum absolute atomic E-state index is 0. The Morgan fingerprint density at radius 3 is 2.67 bits per heavy atom. The van der Waals surface area contributed by atoms with Crippen LogP contribution in [0, 0.1) is 3.95 Å². The van der Waals surface area contributed by atoms with Crippen molar-refractivity contribution in [3.05, 3.63) is 8.96 Å². The fourth-order valence-corrected chi connectivity index (χ4v) is 1.15. The topological polar surface area (TPSA) is 78.0 Å². The molecule has 1 rings (SSSR count). The van der Waals surface area contributed by atoms with Crippen LogP contribution in [0.3, 0.4) is 0 Å². The molecule has 3 N–H and O–H groups in total. The summed E-state index contributed by atoms with van der Waals surface area (Å²) in [5, 5.41) is 14.1. The molecule has 1 aromatic heterocycles. The van der Waals surface area contributed by atoms with Crippen LogP contribution < -0.4 is 108 Å². The molecular formula is C3H5K2N3O2S2. The van der Waals surface area contributed by atoms with E-state index in [1.807, 2.05) is 0 Å². The van der Waals surface area contributed by atoms with E-state index in [1.165, 1.54) is 5.48 Å². The van der Waals surface area contributed by atoms with E-state index in [2.05, 4.69) is 22.4 Å². The zero-order chi connectivity index (χ0) is 7.56. The average Bonchev–Trinajstić information content (AvgIpc) is 2.34. The molecule has 0 fully saturated rings. The van der Waals surface area contributed by atoms with Gasteiger partial charge in [0.1, 0.15) is 0 Å². The second-order valence-corrected chi connectivity index (χ2v) is 3.02. The maximum Gasteiger partial charge on any atom is 1.00 e. The SMILES string of the molecule is O=C(NO)c1n[nH]c(=S)s1.[H-].[H-].[K+].[K+]. The Morgan fingerprint density at radius 1 is 1.75 bits per heavy atom. The smallest absolute Gasteiger partial charge is 1.00 e. The summed E-state index contributed by atoms with van der Waals surface area (Å²) < 4.78 is 0.401. The summed E-state index contributed by atoms with van der Waals surface area (Å²) in [5.74, 6) is -0.655. The Morgan fingerprint density at radius 2 is 2.33 bits per heavy atom. The van der Waals surface area contributed by atoms with Crippen molar-refractivity contribution in [1.82, 2.24) is 15.7 Å². The summed E-state index contributed by atoms with van der Waals surface area (Å²) in [7, 11) is 0. The first-order valence-corrected chi connectivity index (χ1v) is 3.46. The standard InChI is InChI=1S/C3H3N3O2S2.2K.2H/c7-1(6-8)2-4-5-3(9)10-2;;;;/h8H,(H,5,9)(H,6,7);;;;/q;2*+1;2*-1. The molecule has 1 amide bonds. The van der Waals surface area contributed by atoms with Crippen LogP contribution in [0.1, 0.15) is 12.7 Å². The first kappa shape index (κ1) is 16.9. The average molecular weight is 257 g/mol. The second-order valence-electron chi connectivity index (χ2n) is 1.36. The summed E-state index contributed by atoms with van der Waals surface area (Å²) >= 11 is 5.64. The Labute approximate surface area is 165 Å². The number of H-pyrrole nitrogens is 1. The monoisotopic (exact) mass is 257 g/mol. The second kappa shape index (κ2) is 8.76. The van der Waals surface area contributed by atoms with Gasteiger partial charge >= 0.3 is 109 Å². The minimum atomic E-state index is -0.655. The van der Waals surface area contributed by atoms with Crippen molar-refractivity contribution in [1.29, 1.82) is 0 Å². The quantitative estimate of drug-likeness (QED) is 0.203. The van der Waals surface area contributed by atoms with Crippen molar-refractivity contribution in [2.45, 2.75) is 0 Å². The predicted octanol–water partition coefficient (Wildman–Crippen LogP) is -5.45. The number of hydrogen-bond acceptors (Lipinski definition) is 5. The molecule has 0 saturated heterocycles. The van der Waals surface area contributed by atoms with Gasteiger partial charge in [-0.1, -0.05) is 11.3 Å². The third kappa shape index (κ3) is 5.38. The molecule has 0 spiro atoms. The molecule has 0 atom stereocenters. The largest absolute Gasteiger partial charge is 1.00 e. The van der Waals surface area contributed by atoms with E-state index >= 15 is 0 Å². The number of hydrogen-bond donors (Lipinski definition) is 3. The molecule has 0 saturated carbocycles. The van der Waals surface area contributed by atoms with Crippen molar-refractivity contribution in [2.75, 3.05) is 0 Å². The fourth-order valence-electron chi connectivity index (χ4n) is 0.375. The number of amides is 1. The summed E-state index contributed by atoms with van der Waals surface area (Å²) in [6.07, 6.45) is 0. The number of aromatic nitrogens is 2. The summed E-state index contributed by atoms with van der Waals surface area (Å²) in [5.41, 5.74) is 1.44. The van der Waals surface area contributed by atoms with E-state index in [9.17, 15) is 4.79 Å². The normalized spacial score (nSPS) is 7.75. The molecule has 0 aliphatic heterocycles. The van der Waals surface area contributed by atoms with Gasteiger partial charge in [-0.05, 0) is 12.2 Å². The van der Waals surface area contributed by atoms with Gasteiger partial charge in [0, 0.05) is 0 Å². The predicted molar refractivity (Wildman–Crippen MR) is 38.8 cm³/mol. The van der Waals surface area contributed by atoms with Gasteiger partial charge < -0.3 is 2.85 Å². The van der Waals surface area contributed by atoms with Gasteiger partial charge in [0.05, 0.1) is 0 Å². The molecule has 0 radical (unpaired) electrons. The first-order valence-electron chi connectivity index (χ1n) is 2.24. The van der Waals surface area contributed by atoms with Crippen LogP contribution in [-0.4, -0.2) is 21.3 Å². The van der Waals surface area contributed by atoms with Gasteiger partial charge in [-0.3, -0.25) is 15.1 Å². The Balaban J connectivity index is -0.000000125. The van der Waals surface area contributed by atoms with Gasteiger partial charge in [-0.25, -0.2) is 5.48 Å². The number of aromatic amines is 1. The van der Waals surface area contributed by atoms with Crippen molar-refractivity contribution in [3.8, 4) is 0 Å². The molecule has 58 valence electrons. The third-order valence-electron chi connectivity index (χ3n) is 0.734. The van der Waals surface area contributed by atoms with E-state index < -0.39 is 5.91 Å². The number of carbonyl (C=O) groups is 1. The third-order valence-corrected chi connectivity index (χ3v) is 1.82. The van der Waals surface area contributed by atoms with Gasteiger partial charge in [0.2, 0.25) is 5.01 Å².